The van der Waals surface area contributed by atoms with Gasteiger partial charge in [-0.15, -0.1) is 0 Å². The minimum Gasteiger partial charge on any atom is -0.352 e. The van der Waals surface area contributed by atoms with Crippen LogP contribution in [0.1, 0.15) is 36.2 Å². The molecule has 1 aromatic rings. The van der Waals surface area contributed by atoms with Gasteiger partial charge in [-0.05, 0) is 32.4 Å². The summed E-state index contributed by atoms with van der Waals surface area (Å²) in [4.78, 5) is 23.3. The number of rotatable bonds is 5. The number of carbonyl (C=O) groups is 2. The molecule has 0 saturated heterocycles. The Kier molecular flexibility index (Phi) is 5.36. The van der Waals surface area contributed by atoms with Crippen LogP contribution in [0, 0.1) is 6.92 Å². The van der Waals surface area contributed by atoms with E-state index in [1.807, 2.05) is 32.9 Å². The van der Waals surface area contributed by atoms with E-state index in [-0.39, 0.29) is 24.4 Å². The van der Waals surface area contributed by atoms with Gasteiger partial charge in [-0.2, -0.15) is 0 Å². The van der Waals surface area contributed by atoms with E-state index in [0.29, 0.717) is 5.56 Å². The van der Waals surface area contributed by atoms with Gasteiger partial charge in [-0.25, -0.2) is 0 Å². The molecule has 2 amide bonds. The lowest BCUT2D eigenvalue weighted by molar-refractivity contribution is -0.120. The number of hydrogen-bond donors (Lipinski definition) is 2. The molecule has 0 heterocycles. The lowest BCUT2D eigenvalue weighted by atomic mass is 10.1. The van der Waals surface area contributed by atoms with E-state index in [2.05, 4.69) is 10.6 Å². The maximum atomic E-state index is 11.8. The van der Waals surface area contributed by atoms with Crippen molar-refractivity contribution >= 4 is 11.8 Å². The quantitative estimate of drug-likeness (QED) is 0.832. The monoisotopic (exact) mass is 248 g/mol. The van der Waals surface area contributed by atoms with E-state index in [4.69, 9.17) is 0 Å². The van der Waals surface area contributed by atoms with Crippen LogP contribution in [0.4, 0.5) is 0 Å². The first-order valence-corrected chi connectivity index (χ1v) is 6.17. The van der Waals surface area contributed by atoms with Crippen molar-refractivity contribution in [2.75, 3.05) is 6.54 Å². The Balaban J connectivity index is 2.44. The van der Waals surface area contributed by atoms with Crippen LogP contribution in [-0.4, -0.2) is 24.4 Å². The maximum Gasteiger partial charge on any atom is 0.251 e. The Morgan fingerprint density at radius 3 is 2.67 bits per heavy atom. The number of nitrogens with one attached hydrogen (secondary N) is 2. The molecular weight excluding hydrogens is 228 g/mol. The molecule has 0 fully saturated rings. The molecule has 0 aliphatic carbocycles. The molecule has 4 heteroatoms. The predicted octanol–water partition coefficient (Wildman–Crippen LogP) is 1.64. The van der Waals surface area contributed by atoms with Crippen LogP contribution in [0.15, 0.2) is 24.3 Å². The molecule has 1 aromatic carbocycles. The van der Waals surface area contributed by atoms with E-state index < -0.39 is 0 Å². The lowest BCUT2D eigenvalue weighted by Crippen LogP contribution is -2.40. The van der Waals surface area contributed by atoms with Crippen LogP contribution in [-0.2, 0) is 4.79 Å². The first-order valence-electron chi connectivity index (χ1n) is 6.17. The highest BCUT2D eigenvalue weighted by Gasteiger charge is 2.09. The summed E-state index contributed by atoms with van der Waals surface area (Å²) in [5.74, 6) is -0.386. The van der Waals surface area contributed by atoms with Crippen LogP contribution in [0.25, 0.3) is 0 Å². The highest BCUT2D eigenvalue weighted by molar-refractivity contribution is 5.96. The molecule has 0 aliphatic rings. The van der Waals surface area contributed by atoms with Crippen molar-refractivity contribution in [3.05, 3.63) is 35.4 Å². The van der Waals surface area contributed by atoms with Crippen LogP contribution in [0.5, 0.6) is 0 Å². The van der Waals surface area contributed by atoms with Crippen molar-refractivity contribution in [1.82, 2.24) is 10.6 Å². The smallest absolute Gasteiger partial charge is 0.251 e. The average Bonchev–Trinajstić information content (AvgIpc) is 2.35. The third kappa shape index (κ3) is 4.57. The number of carbonyl (C=O) groups excluding carboxylic acids is 2. The Morgan fingerprint density at radius 1 is 1.33 bits per heavy atom. The summed E-state index contributed by atoms with van der Waals surface area (Å²) in [6, 6.07) is 7.40. The molecule has 1 rings (SSSR count). The van der Waals surface area contributed by atoms with Crippen molar-refractivity contribution < 1.29 is 9.59 Å². The van der Waals surface area contributed by atoms with Gasteiger partial charge in [0, 0.05) is 11.6 Å². The van der Waals surface area contributed by atoms with Gasteiger partial charge in [-0.3, -0.25) is 9.59 Å². The largest absolute Gasteiger partial charge is 0.352 e. The molecule has 0 radical (unpaired) electrons. The SMILES string of the molecule is CCC(C)NC(=O)CNC(=O)c1cccc(C)c1. The van der Waals surface area contributed by atoms with Gasteiger partial charge in [0.1, 0.15) is 0 Å². The number of amides is 2. The average molecular weight is 248 g/mol. The zero-order valence-electron chi connectivity index (χ0n) is 11.1. The van der Waals surface area contributed by atoms with Crippen molar-refractivity contribution in [2.45, 2.75) is 33.2 Å². The van der Waals surface area contributed by atoms with E-state index in [0.717, 1.165) is 12.0 Å². The zero-order chi connectivity index (χ0) is 13.5. The van der Waals surface area contributed by atoms with E-state index >= 15 is 0 Å². The highest BCUT2D eigenvalue weighted by atomic mass is 16.2. The zero-order valence-corrected chi connectivity index (χ0v) is 11.1. The molecular formula is C14H20N2O2. The van der Waals surface area contributed by atoms with Crippen LogP contribution >= 0.6 is 0 Å². The van der Waals surface area contributed by atoms with Gasteiger partial charge in [0.15, 0.2) is 0 Å². The van der Waals surface area contributed by atoms with Crippen molar-refractivity contribution in [2.24, 2.45) is 0 Å². The molecule has 0 spiro atoms. The third-order valence-corrected chi connectivity index (χ3v) is 2.71. The molecule has 18 heavy (non-hydrogen) atoms. The maximum absolute atomic E-state index is 11.8. The second kappa shape index (κ2) is 6.79. The predicted molar refractivity (Wildman–Crippen MR) is 71.4 cm³/mol. The summed E-state index contributed by atoms with van der Waals surface area (Å²) in [5, 5.41) is 5.40. The van der Waals surface area contributed by atoms with Crippen molar-refractivity contribution in [1.29, 1.82) is 0 Å². The molecule has 0 saturated carbocycles. The normalized spacial score (nSPS) is 11.7. The summed E-state index contributed by atoms with van der Waals surface area (Å²) in [7, 11) is 0. The molecule has 1 unspecified atom stereocenters. The second-order valence-corrected chi connectivity index (χ2v) is 4.43. The lowest BCUT2D eigenvalue weighted by Gasteiger charge is -2.11. The molecule has 98 valence electrons. The fraction of sp³-hybridized carbons (Fsp3) is 0.429. The first-order chi connectivity index (χ1) is 8.52. The summed E-state index contributed by atoms with van der Waals surface area (Å²) >= 11 is 0. The Morgan fingerprint density at radius 2 is 2.06 bits per heavy atom. The van der Waals surface area contributed by atoms with Crippen LogP contribution in [0.2, 0.25) is 0 Å². The van der Waals surface area contributed by atoms with Gasteiger partial charge >= 0.3 is 0 Å². The van der Waals surface area contributed by atoms with Crippen LogP contribution < -0.4 is 10.6 Å². The molecule has 4 nitrogen and oxygen atoms in total. The second-order valence-electron chi connectivity index (χ2n) is 4.43. The molecule has 0 bridgehead atoms. The highest BCUT2D eigenvalue weighted by Crippen LogP contribution is 2.03. The molecule has 2 N–H and O–H groups in total. The Bertz CT molecular complexity index is 430. The summed E-state index contributed by atoms with van der Waals surface area (Å²) in [6.45, 7) is 5.86. The Labute approximate surface area is 108 Å². The fourth-order valence-electron chi connectivity index (χ4n) is 1.48. The minimum absolute atomic E-state index is 0.0110. The van der Waals surface area contributed by atoms with Gasteiger partial charge < -0.3 is 10.6 Å². The molecule has 1 atom stereocenters. The van der Waals surface area contributed by atoms with Gasteiger partial charge in [0.2, 0.25) is 5.91 Å². The van der Waals surface area contributed by atoms with Gasteiger partial charge in [0.25, 0.3) is 5.91 Å². The minimum atomic E-state index is -0.224. The van der Waals surface area contributed by atoms with Gasteiger partial charge in [0.05, 0.1) is 6.54 Å². The summed E-state index contributed by atoms with van der Waals surface area (Å²) in [5.41, 5.74) is 1.60. The summed E-state index contributed by atoms with van der Waals surface area (Å²) in [6.07, 6.45) is 0.873. The third-order valence-electron chi connectivity index (χ3n) is 2.71. The van der Waals surface area contributed by atoms with Gasteiger partial charge in [-0.1, -0.05) is 24.6 Å². The van der Waals surface area contributed by atoms with E-state index in [9.17, 15) is 9.59 Å². The number of hydrogen-bond acceptors (Lipinski definition) is 2. The van der Waals surface area contributed by atoms with E-state index in [1.165, 1.54) is 0 Å². The topological polar surface area (TPSA) is 58.2 Å². The first kappa shape index (κ1) is 14.2. The summed E-state index contributed by atoms with van der Waals surface area (Å²) < 4.78 is 0. The number of benzene rings is 1. The Hall–Kier alpha value is -1.84. The van der Waals surface area contributed by atoms with E-state index in [1.54, 1.807) is 12.1 Å². The number of aryl methyl sites for hydroxylation is 1. The standard InChI is InChI=1S/C14H20N2O2/c1-4-11(3)16-13(17)9-15-14(18)12-7-5-6-10(2)8-12/h5-8,11H,4,9H2,1-3H3,(H,15,18)(H,16,17). The van der Waals surface area contributed by atoms with Crippen molar-refractivity contribution in [3.8, 4) is 0 Å². The van der Waals surface area contributed by atoms with Crippen LogP contribution in [0.3, 0.4) is 0 Å². The molecule has 0 aromatic heterocycles. The van der Waals surface area contributed by atoms with Crippen molar-refractivity contribution in [3.63, 3.8) is 0 Å². The fourth-order valence-corrected chi connectivity index (χ4v) is 1.48. The molecule has 0 aliphatic heterocycles.